The Morgan fingerprint density at radius 2 is 1.64 bits per heavy atom. The summed E-state index contributed by atoms with van der Waals surface area (Å²) in [5, 5.41) is 0. The Morgan fingerprint density at radius 3 is 2.18 bits per heavy atom. The minimum Gasteiger partial charge on any atom is -0.107 e. The van der Waals surface area contributed by atoms with Crippen molar-refractivity contribution in [2.24, 2.45) is 0 Å². The molecule has 1 aliphatic heterocycles. The van der Waals surface area contributed by atoms with Crippen molar-refractivity contribution in [3.8, 4) is 0 Å². The van der Waals surface area contributed by atoms with E-state index in [4.69, 9.17) is 0 Å². The molecular formula is C10H21P. The predicted octanol–water partition coefficient (Wildman–Crippen LogP) is 3.84. The molecule has 0 radical (unpaired) electrons. The van der Waals surface area contributed by atoms with Gasteiger partial charge in [0.2, 0.25) is 0 Å². The SMILES string of the molecule is CCCCP1CCCCCC1. The minimum atomic E-state index is 0.496. The van der Waals surface area contributed by atoms with Crippen molar-refractivity contribution in [2.45, 2.75) is 45.4 Å². The van der Waals surface area contributed by atoms with Crippen molar-refractivity contribution in [3.05, 3.63) is 0 Å². The van der Waals surface area contributed by atoms with E-state index in [1.807, 2.05) is 0 Å². The van der Waals surface area contributed by atoms with Gasteiger partial charge in [0, 0.05) is 0 Å². The molecule has 0 spiro atoms. The Labute approximate surface area is 72.5 Å². The van der Waals surface area contributed by atoms with Gasteiger partial charge in [-0.1, -0.05) is 26.2 Å². The maximum atomic E-state index is 2.31. The van der Waals surface area contributed by atoms with E-state index in [1.165, 1.54) is 38.5 Å². The fraction of sp³-hybridized carbons (Fsp3) is 1.00. The standard InChI is InChI=1S/C10H21P/c1-2-3-8-11-9-6-4-5-7-10-11/h2-10H2,1H3. The quantitative estimate of drug-likeness (QED) is 0.567. The highest BCUT2D eigenvalue weighted by atomic mass is 31.1. The molecule has 66 valence electrons. The molecule has 0 aromatic carbocycles. The van der Waals surface area contributed by atoms with Gasteiger partial charge in [0.1, 0.15) is 0 Å². The molecule has 1 rings (SSSR count). The highest BCUT2D eigenvalue weighted by Crippen LogP contribution is 2.40. The van der Waals surface area contributed by atoms with Crippen LogP contribution in [0, 0.1) is 0 Å². The van der Waals surface area contributed by atoms with E-state index in [-0.39, 0.29) is 0 Å². The van der Waals surface area contributed by atoms with Crippen molar-refractivity contribution < 1.29 is 0 Å². The van der Waals surface area contributed by atoms with E-state index in [9.17, 15) is 0 Å². The summed E-state index contributed by atoms with van der Waals surface area (Å²) in [6, 6.07) is 0. The zero-order valence-corrected chi connectivity index (χ0v) is 8.71. The summed E-state index contributed by atoms with van der Waals surface area (Å²) < 4.78 is 0. The van der Waals surface area contributed by atoms with Gasteiger partial charge in [0.25, 0.3) is 0 Å². The summed E-state index contributed by atoms with van der Waals surface area (Å²) in [5.41, 5.74) is 0. The molecule has 0 bridgehead atoms. The number of unbranched alkanes of at least 4 members (excludes halogenated alkanes) is 1. The van der Waals surface area contributed by atoms with E-state index < -0.39 is 0 Å². The van der Waals surface area contributed by atoms with Gasteiger partial charge in [-0.15, -0.1) is 7.92 Å². The van der Waals surface area contributed by atoms with E-state index >= 15 is 0 Å². The second kappa shape index (κ2) is 6.00. The van der Waals surface area contributed by atoms with Crippen LogP contribution >= 0.6 is 7.92 Å². The predicted molar refractivity (Wildman–Crippen MR) is 54.9 cm³/mol. The lowest BCUT2D eigenvalue weighted by molar-refractivity contribution is 0.726. The second-order valence-corrected chi connectivity index (χ2v) is 6.29. The van der Waals surface area contributed by atoms with Gasteiger partial charge in [-0.05, 0) is 37.7 Å². The fourth-order valence-electron chi connectivity index (χ4n) is 1.74. The number of rotatable bonds is 3. The zero-order valence-electron chi connectivity index (χ0n) is 7.81. The van der Waals surface area contributed by atoms with Crippen molar-refractivity contribution in [1.29, 1.82) is 0 Å². The third-order valence-electron chi connectivity index (χ3n) is 2.53. The van der Waals surface area contributed by atoms with Crippen LogP contribution in [0.4, 0.5) is 0 Å². The molecule has 0 unspecified atom stereocenters. The van der Waals surface area contributed by atoms with Crippen LogP contribution < -0.4 is 0 Å². The van der Waals surface area contributed by atoms with Crippen LogP contribution in [0.1, 0.15) is 45.4 Å². The normalized spacial score (nSPS) is 21.5. The monoisotopic (exact) mass is 172 g/mol. The first-order chi connectivity index (χ1) is 5.43. The summed E-state index contributed by atoms with van der Waals surface area (Å²) in [5.74, 6) is 0. The van der Waals surface area contributed by atoms with Crippen molar-refractivity contribution in [1.82, 2.24) is 0 Å². The van der Waals surface area contributed by atoms with E-state index in [0.29, 0.717) is 7.92 Å². The first-order valence-corrected chi connectivity index (χ1v) is 7.05. The Kier molecular flexibility index (Phi) is 5.19. The van der Waals surface area contributed by atoms with Crippen LogP contribution in [-0.2, 0) is 0 Å². The third kappa shape index (κ3) is 4.11. The van der Waals surface area contributed by atoms with Gasteiger partial charge in [-0.25, -0.2) is 0 Å². The summed E-state index contributed by atoms with van der Waals surface area (Å²) in [6.07, 6.45) is 13.8. The topological polar surface area (TPSA) is 0 Å². The largest absolute Gasteiger partial charge is 0.107 e. The molecule has 0 atom stereocenters. The van der Waals surface area contributed by atoms with E-state index in [1.54, 1.807) is 18.5 Å². The summed E-state index contributed by atoms with van der Waals surface area (Å²) in [7, 11) is 0.496. The van der Waals surface area contributed by atoms with Crippen LogP contribution in [0.25, 0.3) is 0 Å². The second-order valence-electron chi connectivity index (χ2n) is 3.61. The molecule has 1 heteroatoms. The Bertz CT molecular complexity index is 82.9. The Morgan fingerprint density at radius 1 is 1.00 bits per heavy atom. The van der Waals surface area contributed by atoms with Crippen LogP contribution in [0.3, 0.4) is 0 Å². The van der Waals surface area contributed by atoms with Crippen LogP contribution in [0.2, 0.25) is 0 Å². The summed E-state index contributed by atoms with van der Waals surface area (Å²) in [4.78, 5) is 0. The molecule has 0 aromatic rings. The van der Waals surface area contributed by atoms with Crippen molar-refractivity contribution >= 4 is 7.92 Å². The van der Waals surface area contributed by atoms with Gasteiger partial charge in [0.05, 0.1) is 0 Å². The van der Waals surface area contributed by atoms with Crippen molar-refractivity contribution in [2.75, 3.05) is 18.5 Å². The van der Waals surface area contributed by atoms with Crippen LogP contribution in [0.15, 0.2) is 0 Å². The highest BCUT2D eigenvalue weighted by molar-refractivity contribution is 7.57. The molecule has 0 nitrogen and oxygen atoms in total. The average molecular weight is 172 g/mol. The lowest BCUT2D eigenvalue weighted by Gasteiger charge is -2.13. The first-order valence-electron chi connectivity index (χ1n) is 5.16. The molecule has 0 amide bonds. The Balaban J connectivity index is 2.09. The average Bonchev–Trinajstić information content (AvgIpc) is 2.28. The lowest BCUT2D eigenvalue weighted by Crippen LogP contribution is -1.91. The minimum absolute atomic E-state index is 0.496. The number of hydrogen-bond donors (Lipinski definition) is 0. The molecule has 0 saturated carbocycles. The van der Waals surface area contributed by atoms with Crippen molar-refractivity contribution in [3.63, 3.8) is 0 Å². The van der Waals surface area contributed by atoms with E-state index in [2.05, 4.69) is 6.92 Å². The maximum Gasteiger partial charge on any atom is -0.0326 e. The molecule has 1 saturated heterocycles. The maximum absolute atomic E-state index is 2.31. The molecule has 0 aromatic heterocycles. The van der Waals surface area contributed by atoms with Crippen LogP contribution in [-0.4, -0.2) is 18.5 Å². The zero-order chi connectivity index (χ0) is 7.94. The molecule has 0 aliphatic carbocycles. The lowest BCUT2D eigenvalue weighted by atomic mass is 10.2. The van der Waals surface area contributed by atoms with Gasteiger partial charge < -0.3 is 0 Å². The molecule has 1 fully saturated rings. The molecule has 1 heterocycles. The molecule has 1 aliphatic rings. The Hall–Kier alpha value is 0.430. The third-order valence-corrected chi connectivity index (χ3v) is 5.37. The van der Waals surface area contributed by atoms with E-state index in [0.717, 1.165) is 0 Å². The molecular weight excluding hydrogens is 151 g/mol. The fourth-order valence-corrected chi connectivity index (χ4v) is 4.52. The number of hydrogen-bond acceptors (Lipinski definition) is 0. The molecule has 0 N–H and O–H groups in total. The van der Waals surface area contributed by atoms with Crippen LogP contribution in [0.5, 0.6) is 0 Å². The molecule has 11 heavy (non-hydrogen) atoms. The highest BCUT2D eigenvalue weighted by Gasteiger charge is 2.09. The van der Waals surface area contributed by atoms with Gasteiger partial charge >= 0.3 is 0 Å². The van der Waals surface area contributed by atoms with Gasteiger partial charge in [0.15, 0.2) is 0 Å². The first kappa shape index (κ1) is 9.52. The summed E-state index contributed by atoms with van der Waals surface area (Å²) >= 11 is 0. The smallest absolute Gasteiger partial charge is 0.0326 e. The van der Waals surface area contributed by atoms with Gasteiger partial charge in [-0.2, -0.15) is 0 Å². The summed E-state index contributed by atoms with van der Waals surface area (Å²) in [6.45, 7) is 2.31. The van der Waals surface area contributed by atoms with Gasteiger partial charge in [-0.3, -0.25) is 0 Å².